The Labute approximate surface area is 73.2 Å². The van der Waals surface area contributed by atoms with Gasteiger partial charge in [0.05, 0.1) is 6.21 Å². The molecule has 0 aliphatic heterocycles. The molecule has 0 amide bonds. The molecule has 0 atom stereocenters. The summed E-state index contributed by atoms with van der Waals surface area (Å²) in [5.41, 5.74) is 0. The van der Waals surface area contributed by atoms with Gasteiger partial charge < -0.3 is 0 Å². The van der Waals surface area contributed by atoms with E-state index in [1.165, 1.54) is 0 Å². The van der Waals surface area contributed by atoms with Crippen LogP contribution >= 0.6 is 11.3 Å². The summed E-state index contributed by atoms with van der Waals surface area (Å²) in [4.78, 5) is 1.11. The Morgan fingerprint density at radius 1 is 1.42 bits per heavy atom. The molecular formula is C7H6N4S. The molecule has 0 bridgehead atoms. The first-order valence-corrected chi connectivity index (χ1v) is 4.25. The largest absolute Gasteiger partial charge is 0.208 e. The Balaban J connectivity index is 2.14. The molecule has 2 rings (SSSR count). The summed E-state index contributed by atoms with van der Waals surface area (Å²) < 4.78 is 1.56. The minimum atomic E-state index is 1.11. The van der Waals surface area contributed by atoms with Gasteiger partial charge in [-0.3, -0.25) is 0 Å². The number of hydrogen-bond acceptors (Lipinski definition) is 4. The summed E-state index contributed by atoms with van der Waals surface area (Å²) in [7, 11) is 0. The molecule has 12 heavy (non-hydrogen) atoms. The van der Waals surface area contributed by atoms with Crippen molar-refractivity contribution in [3.63, 3.8) is 0 Å². The van der Waals surface area contributed by atoms with E-state index in [0.717, 1.165) is 4.88 Å². The van der Waals surface area contributed by atoms with Crippen LogP contribution in [0.5, 0.6) is 0 Å². The van der Waals surface area contributed by atoms with Gasteiger partial charge in [-0.15, -0.1) is 21.5 Å². The molecule has 2 heterocycles. The quantitative estimate of drug-likeness (QED) is 0.649. The molecule has 0 unspecified atom stereocenters. The Kier molecular flexibility index (Phi) is 1.96. The van der Waals surface area contributed by atoms with Gasteiger partial charge in [-0.25, -0.2) is 4.68 Å². The third-order valence-corrected chi connectivity index (χ3v) is 2.07. The van der Waals surface area contributed by atoms with Crippen molar-refractivity contribution in [2.75, 3.05) is 0 Å². The first kappa shape index (κ1) is 7.17. The lowest BCUT2D eigenvalue weighted by atomic mass is 10.5. The molecule has 0 saturated carbocycles. The molecule has 0 fully saturated rings. The van der Waals surface area contributed by atoms with Crippen LogP contribution in [0.2, 0.25) is 0 Å². The summed E-state index contributed by atoms with van der Waals surface area (Å²) in [6.45, 7) is 0. The summed E-state index contributed by atoms with van der Waals surface area (Å²) in [5, 5.41) is 13.3. The zero-order chi connectivity index (χ0) is 8.23. The Morgan fingerprint density at radius 2 is 2.25 bits per heavy atom. The zero-order valence-corrected chi connectivity index (χ0v) is 6.98. The van der Waals surface area contributed by atoms with E-state index in [9.17, 15) is 0 Å². The lowest BCUT2D eigenvalue weighted by Gasteiger charge is -1.85. The summed E-state index contributed by atoms with van der Waals surface area (Å²) in [6.07, 6.45) is 4.86. The van der Waals surface area contributed by atoms with E-state index in [-0.39, 0.29) is 0 Å². The van der Waals surface area contributed by atoms with Crippen LogP contribution in [0.1, 0.15) is 4.88 Å². The molecule has 0 N–H and O–H groups in total. The van der Waals surface area contributed by atoms with Crippen molar-refractivity contribution in [1.82, 2.24) is 14.9 Å². The molecule has 4 nitrogen and oxygen atoms in total. The molecule has 0 spiro atoms. The van der Waals surface area contributed by atoms with Crippen LogP contribution in [0.3, 0.4) is 0 Å². The van der Waals surface area contributed by atoms with E-state index >= 15 is 0 Å². The normalized spacial score (nSPS) is 11.0. The van der Waals surface area contributed by atoms with Gasteiger partial charge in [-0.2, -0.15) is 5.10 Å². The summed E-state index contributed by atoms with van der Waals surface area (Å²) >= 11 is 1.64. The van der Waals surface area contributed by atoms with Crippen LogP contribution in [-0.2, 0) is 0 Å². The van der Waals surface area contributed by atoms with E-state index in [2.05, 4.69) is 15.3 Å². The van der Waals surface area contributed by atoms with E-state index in [4.69, 9.17) is 0 Å². The van der Waals surface area contributed by atoms with E-state index in [1.807, 2.05) is 17.5 Å². The van der Waals surface area contributed by atoms with Crippen molar-refractivity contribution in [3.05, 3.63) is 35.0 Å². The predicted octanol–water partition coefficient (Wildman–Crippen LogP) is 1.22. The minimum absolute atomic E-state index is 1.11. The lowest BCUT2D eigenvalue weighted by molar-refractivity contribution is 0.879. The molecule has 2 aromatic heterocycles. The second kappa shape index (κ2) is 3.27. The maximum absolute atomic E-state index is 4.09. The van der Waals surface area contributed by atoms with Crippen molar-refractivity contribution in [2.45, 2.75) is 0 Å². The van der Waals surface area contributed by atoms with Crippen LogP contribution < -0.4 is 0 Å². The van der Waals surface area contributed by atoms with E-state index in [1.54, 1.807) is 34.9 Å². The predicted molar refractivity (Wildman–Crippen MR) is 47.3 cm³/mol. The van der Waals surface area contributed by atoms with Gasteiger partial charge in [-0.05, 0) is 11.4 Å². The molecule has 0 radical (unpaired) electrons. The van der Waals surface area contributed by atoms with Crippen LogP contribution in [-0.4, -0.2) is 21.1 Å². The molecule has 0 saturated heterocycles. The van der Waals surface area contributed by atoms with Gasteiger partial charge in [-0.1, -0.05) is 6.07 Å². The molecule has 60 valence electrons. The summed E-state index contributed by atoms with van der Waals surface area (Å²) in [5.74, 6) is 0. The van der Waals surface area contributed by atoms with Crippen molar-refractivity contribution in [3.8, 4) is 0 Å². The minimum Gasteiger partial charge on any atom is -0.208 e. The first-order valence-electron chi connectivity index (χ1n) is 3.37. The highest BCUT2D eigenvalue weighted by molar-refractivity contribution is 7.11. The van der Waals surface area contributed by atoms with E-state index < -0.39 is 0 Å². The fourth-order valence-corrected chi connectivity index (χ4v) is 1.32. The maximum Gasteiger partial charge on any atom is 0.141 e. The van der Waals surface area contributed by atoms with Gasteiger partial charge in [0.1, 0.15) is 12.7 Å². The number of thiophene rings is 1. The van der Waals surface area contributed by atoms with Crippen molar-refractivity contribution in [1.29, 1.82) is 0 Å². The van der Waals surface area contributed by atoms with Gasteiger partial charge >= 0.3 is 0 Å². The smallest absolute Gasteiger partial charge is 0.141 e. The zero-order valence-electron chi connectivity index (χ0n) is 6.16. The highest BCUT2D eigenvalue weighted by Gasteiger charge is 1.86. The number of rotatable bonds is 2. The monoisotopic (exact) mass is 178 g/mol. The highest BCUT2D eigenvalue weighted by Crippen LogP contribution is 2.04. The van der Waals surface area contributed by atoms with Crippen molar-refractivity contribution < 1.29 is 0 Å². The highest BCUT2D eigenvalue weighted by atomic mass is 32.1. The third-order valence-electron chi connectivity index (χ3n) is 1.27. The molecule has 0 aromatic carbocycles. The average Bonchev–Trinajstić information content (AvgIpc) is 2.74. The molecule has 2 aromatic rings. The maximum atomic E-state index is 4.09. The van der Waals surface area contributed by atoms with Crippen LogP contribution in [0.15, 0.2) is 35.3 Å². The second-order valence-electron chi connectivity index (χ2n) is 2.10. The third kappa shape index (κ3) is 1.57. The lowest BCUT2D eigenvalue weighted by Crippen LogP contribution is -1.83. The standard InChI is InChI=1S/C7H6N4S/c1-2-7(12-3-1)4-10-11-5-8-9-6-11/h1-6H/b10-4+. The Bertz CT molecular complexity index is 312. The Morgan fingerprint density at radius 3 is 2.92 bits per heavy atom. The SMILES string of the molecule is C(=N\n1cnnc1)/c1cccs1. The average molecular weight is 178 g/mol. The van der Waals surface area contributed by atoms with Gasteiger partial charge in [0.25, 0.3) is 0 Å². The van der Waals surface area contributed by atoms with E-state index in [0.29, 0.717) is 0 Å². The number of nitrogens with zero attached hydrogens (tertiary/aromatic N) is 4. The topological polar surface area (TPSA) is 43.1 Å². The van der Waals surface area contributed by atoms with Crippen LogP contribution in [0, 0.1) is 0 Å². The van der Waals surface area contributed by atoms with Crippen LogP contribution in [0.25, 0.3) is 0 Å². The van der Waals surface area contributed by atoms with Gasteiger partial charge in [0.2, 0.25) is 0 Å². The summed E-state index contributed by atoms with van der Waals surface area (Å²) in [6, 6.07) is 3.98. The molecule has 0 aliphatic carbocycles. The Hall–Kier alpha value is -1.49. The van der Waals surface area contributed by atoms with Crippen LogP contribution in [0.4, 0.5) is 0 Å². The fourth-order valence-electron chi connectivity index (χ4n) is 0.743. The van der Waals surface area contributed by atoms with Gasteiger partial charge in [0, 0.05) is 4.88 Å². The molecular weight excluding hydrogens is 172 g/mol. The number of aromatic nitrogens is 3. The van der Waals surface area contributed by atoms with Crippen molar-refractivity contribution >= 4 is 17.6 Å². The molecule has 5 heteroatoms. The fraction of sp³-hybridized carbons (Fsp3) is 0. The molecule has 0 aliphatic rings. The first-order chi connectivity index (χ1) is 5.95. The second-order valence-corrected chi connectivity index (χ2v) is 3.08. The number of hydrogen-bond donors (Lipinski definition) is 0. The van der Waals surface area contributed by atoms with Crippen molar-refractivity contribution in [2.24, 2.45) is 5.10 Å². The van der Waals surface area contributed by atoms with Gasteiger partial charge in [0.15, 0.2) is 0 Å².